The molecule has 1 aliphatic rings. The molecule has 4 nitrogen and oxygen atoms in total. The Bertz CT molecular complexity index is 459. The SMILES string of the molecule is Cc1nccn1C1CC(C(C)(C)C)CCC1C(=O)O. The zero-order chi connectivity index (χ0) is 14.2. The van der Waals surface area contributed by atoms with E-state index in [1.165, 1.54) is 0 Å². The molecule has 0 bridgehead atoms. The lowest BCUT2D eigenvalue weighted by molar-refractivity contribution is -0.145. The molecular formula is C15H24N2O2. The molecule has 1 heterocycles. The van der Waals surface area contributed by atoms with E-state index < -0.39 is 5.97 Å². The van der Waals surface area contributed by atoms with Gasteiger partial charge in [0, 0.05) is 18.4 Å². The van der Waals surface area contributed by atoms with Crippen molar-refractivity contribution in [3.8, 4) is 0 Å². The second-order valence-electron chi connectivity index (χ2n) is 6.77. The van der Waals surface area contributed by atoms with Crippen LogP contribution in [0.3, 0.4) is 0 Å². The number of rotatable bonds is 2. The van der Waals surface area contributed by atoms with Gasteiger partial charge in [0.25, 0.3) is 0 Å². The van der Waals surface area contributed by atoms with Gasteiger partial charge >= 0.3 is 5.97 Å². The summed E-state index contributed by atoms with van der Waals surface area (Å²) in [7, 11) is 0. The van der Waals surface area contributed by atoms with E-state index in [0.717, 1.165) is 25.1 Å². The summed E-state index contributed by atoms with van der Waals surface area (Å²) in [4.78, 5) is 15.7. The van der Waals surface area contributed by atoms with Crippen molar-refractivity contribution < 1.29 is 9.90 Å². The third-order valence-corrected chi connectivity index (χ3v) is 4.58. The number of carboxylic acid groups (broad SMARTS) is 1. The Morgan fingerprint density at radius 3 is 2.58 bits per heavy atom. The average molecular weight is 264 g/mol. The van der Waals surface area contributed by atoms with E-state index in [1.807, 2.05) is 13.1 Å². The number of hydrogen-bond acceptors (Lipinski definition) is 2. The minimum Gasteiger partial charge on any atom is -0.481 e. The predicted molar refractivity (Wildman–Crippen MR) is 73.9 cm³/mol. The Hall–Kier alpha value is -1.32. The molecule has 3 unspecified atom stereocenters. The van der Waals surface area contributed by atoms with E-state index in [4.69, 9.17) is 0 Å². The maximum atomic E-state index is 11.5. The zero-order valence-electron chi connectivity index (χ0n) is 12.3. The Balaban J connectivity index is 2.28. The van der Waals surface area contributed by atoms with Crippen molar-refractivity contribution >= 4 is 5.97 Å². The summed E-state index contributed by atoms with van der Waals surface area (Å²) >= 11 is 0. The number of imidazole rings is 1. The van der Waals surface area contributed by atoms with E-state index in [9.17, 15) is 9.90 Å². The van der Waals surface area contributed by atoms with Crippen LogP contribution in [-0.4, -0.2) is 20.6 Å². The highest BCUT2D eigenvalue weighted by Crippen LogP contribution is 2.45. The molecule has 0 amide bonds. The lowest BCUT2D eigenvalue weighted by atomic mass is 9.68. The molecule has 0 saturated heterocycles. The largest absolute Gasteiger partial charge is 0.481 e. The highest BCUT2D eigenvalue weighted by atomic mass is 16.4. The number of aliphatic carboxylic acids is 1. The summed E-state index contributed by atoms with van der Waals surface area (Å²) in [5.74, 6) is 0.512. The lowest BCUT2D eigenvalue weighted by Crippen LogP contribution is -2.36. The third-order valence-electron chi connectivity index (χ3n) is 4.58. The van der Waals surface area contributed by atoms with Gasteiger partial charge in [-0.2, -0.15) is 0 Å². The number of carbonyl (C=O) groups is 1. The maximum absolute atomic E-state index is 11.5. The summed E-state index contributed by atoms with van der Waals surface area (Å²) in [5.41, 5.74) is 0.232. The first-order valence-electron chi connectivity index (χ1n) is 7.03. The molecule has 1 saturated carbocycles. The van der Waals surface area contributed by atoms with Crippen LogP contribution >= 0.6 is 0 Å². The lowest BCUT2D eigenvalue weighted by Gasteiger charge is -2.41. The molecule has 0 radical (unpaired) electrons. The minimum atomic E-state index is -0.676. The normalized spacial score (nSPS) is 28.3. The zero-order valence-corrected chi connectivity index (χ0v) is 12.3. The van der Waals surface area contributed by atoms with Gasteiger partial charge in [-0.25, -0.2) is 4.98 Å². The van der Waals surface area contributed by atoms with Gasteiger partial charge in [0.1, 0.15) is 5.82 Å². The second-order valence-corrected chi connectivity index (χ2v) is 6.77. The van der Waals surface area contributed by atoms with Gasteiger partial charge in [0.15, 0.2) is 0 Å². The molecule has 1 aromatic heterocycles. The van der Waals surface area contributed by atoms with Crippen molar-refractivity contribution in [3.05, 3.63) is 18.2 Å². The van der Waals surface area contributed by atoms with Crippen molar-refractivity contribution in [2.24, 2.45) is 17.3 Å². The minimum absolute atomic E-state index is 0.0398. The number of aromatic nitrogens is 2. The van der Waals surface area contributed by atoms with E-state index in [0.29, 0.717) is 5.92 Å². The Labute approximate surface area is 114 Å². The Morgan fingerprint density at radius 2 is 2.11 bits per heavy atom. The van der Waals surface area contributed by atoms with Crippen LogP contribution in [-0.2, 0) is 4.79 Å². The first-order chi connectivity index (χ1) is 8.80. The van der Waals surface area contributed by atoms with Crippen LogP contribution in [0.2, 0.25) is 0 Å². The van der Waals surface area contributed by atoms with Crippen LogP contribution in [0, 0.1) is 24.2 Å². The first-order valence-corrected chi connectivity index (χ1v) is 7.03. The van der Waals surface area contributed by atoms with Crippen LogP contribution < -0.4 is 0 Å². The summed E-state index contributed by atoms with van der Waals surface area (Å²) < 4.78 is 2.05. The van der Waals surface area contributed by atoms with E-state index >= 15 is 0 Å². The molecule has 1 aliphatic carbocycles. The topological polar surface area (TPSA) is 55.1 Å². The Morgan fingerprint density at radius 1 is 1.42 bits per heavy atom. The second kappa shape index (κ2) is 4.99. The quantitative estimate of drug-likeness (QED) is 0.891. The molecule has 106 valence electrons. The van der Waals surface area contributed by atoms with Crippen molar-refractivity contribution in [1.29, 1.82) is 0 Å². The summed E-state index contributed by atoms with van der Waals surface area (Å²) in [5, 5.41) is 9.45. The van der Waals surface area contributed by atoms with Gasteiger partial charge in [-0.15, -0.1) is 0 Å². The van der Waals surface area contributed by atoms with E-state index in [1.54, 1.807) is 6.20 Å². The standard InChI is InChI=1S/C15H24N2O2/c1-10-16-7-8-17(10)13-9-11(15(2,3)4)5-6-12(13)14(18)19/h7-8,11-13H,5-6,9H2,1-4H3,(H,18,19). The number of aryl methyl sites for hydroxylation is 1. The fraction of sp³-hybridized carbons (Fsp3) is 0.733. The summed E-state index contributed by atoms with van der Waals surface area (Å²) in [6.07, 6.45) is 6.37. The maximum Gasteiger partial charge on any atom is 0.308 e. The molecule has 1 N–H and O–H groups in total. The smallest absolute Gasteiger partial charge is 0.308 e. The van der Waals surface area contributed by atoms with Crippen LogP contribution in [0.25, 0.3) is 0 Å². The Kier molecular flexibility index (Phi) is 3.70. The number of hydrogen-bond donors (Lipinski definition) is 1. The molecule has 1 fully saturated rings. The van der Waals surface area contributed by atoms with Crippen LogP contribution in [0.1, 0.15) is 51.9 Å². The fourth-order valence-corrected chi connectivity index (χ4v) is 3.27. The van der Waals surface area contributed by atoms with Crippen LogP contribution in [0.5, 0.6) is 0 Å². The van der Waals surface area contributed by atoms with Gasteiger partial charge in [0.2, 0.25) is 0 Å². The highest BCUT2D eigenvalue weighted by molar-refractivity contribution is 5.70. The van der Waals surface area contributed by atoms with Crippen LogP contribution in [0.4, 0.5) is 0 Å². The van der Waals surface area contributed by atoms with Gasteiger partial charge < -0.3 is 9.67 Å². The summed E-state index contributed by atoms with van der Waals surface area (Å²) in [6, 6.07) is 0.0398. The van der Waals surface area contributed by atoms with Crippen molar-refractivity contribution in [1.82, 2.24) is 9.55 Å². The average Bonchev–Trinajstić information content (AvgIpc) is 2.73. The van der Waals surface area contributed by atoms with E-state index in [2.05, 4.69) is 30.3 Å². The molecule has 0 spiro atoms. The molecular weight excluding hydrogens is 240 g/mol. The van der Waals surface area contributed by atoms with Gasteiger partial charge in [0.05, 0.1) is 5.92 Å². The van der Waals surface area contributed by atoms with Gasteiger partial charge in [-0.1, -0.05) is 20.8 Å². The first kappa shape index (κ1) is 14.1. The molecule has 19 heavy (non-hydrogen) atoms. The summed E-state index contributed by atoms with van der Waals surface area (Å²) in [6.45, 7) is 8.68. The van der Waals surface area contributed by atoms with Gasteiger partial charge in [-0.3, -0.25) is 4.79 Å². The third kappa shape index (κ3) is 2.82. The predicted octanol–water partition coefficient (Wildman–Crippen LogP) is 3.28. The number of carboxylic acids is 1. The molecule has 1 aromatic rings. The molecule has 2 rings (SSSR count). The monoisotopic (exact) mass is 264 g/mol. The fourth-order valence-electron chi connectivity index (χ4n) is 3.27. The van der Waals surface area contributed by atoms with Gasteiger partial charge in [-0.05, 0) is 37.5 Å². The van der Waals surface area contributed by atoms with Crippen molar-refractivity contribution in [3.63, 3.8) is 0 Å². The molecule has 0 aromatic carbocycles. The highest BCUT2D eigenvalue weighted by Gasteiger charge is 2.40. The molecule has 0 aliphatic heterocycles. The van der Waals surface area contributed by atoms with E-state index in [-0.39, 0.29) is 17.4 Å². The molecule has 4 heteroatoms. The molecule has 3 atom stereocenters. The van der Waals surface area contributed by atoms with Crippen molar-refractivity contribution in [2.45, 2.75) is 53.0 Å². The van der Waals surface area contributed by atoms with Crippen molar-refractivity contribution in [2.75, 3.05) is 0 Å². The number of nitrogens with zero attached hydrogens (tertiary/aromatic N) is 2. The van der Waals surface area contributed by atoms with Crippen LogP contribution in [0.15, 0.2) is 12.4 Å².